The second-order valence-corrected chi connectivity index (χ2v) is 14.9. The number of phenols is 1. The number of carboxylic acids is 1. The molecule has 2 aromatic carbocycles. The maximum atomic E-state index is 13.7. The normalized spacial score (nSPS) is 17.3. The van der Waals surface area contributed by atoms with Crippen LogP contribution in [0.4, 0.5) is 10.5 Å². The number of nitrogens with one attached hydrogen (secondary N) is 3. The molecular formula is C26H30BN5O13S2. The molecule has 47 heavy (non-hydrogen) atoms. The van der Waals surface area contributed by atoms with E-state index < -0.39 is 85.2 Å². The number of aromatic carboxylic acids is 1. The number of piperazine rings is 1. The van der Waals surface area contributed by atoms with Gasteiger partial charge >= 0.3 is 30.9 Å². The van der Waals surface area contributed by atoms with E-state index in [4.69, 9.17) is 4.65 Å². The highest BCUT2D eigenvalue weighted by atomic mass is 32.3. The van der Waals surface area contributed by atoms with Crippen LogP contribution in [0.15, 0.2) is 36.4 Å². The van der Waals surface area contributed by atoms with Gasteiger partial charge in [0.05, 0.1) is 17.2 Å². The van der Waals surface area contributed by atoms with Crippen molar-refractivity contribution in [3.8, 4) is 11.5 Å². The Morgan fingerprint density at radius 1 is 1.09 bits per heavy atom. The zero-order valence-electron chi connectivity index (χ0n) is 24.9. The number of hydrogen-bond acceptors (Lipinski definition) is 12. The second-order valence-electron chi connectivity index (χ2n) is 10.7. The Morgan fingerprint density at radius 2 is 1.79 bits per heavy atom. The van der Waals surface area contributed by atoms with Crippen LogP contribution in [0.5, 0.6) is 11.5 Å². The van der Waals surface area contributed by atoms with Gasteiger partial charge in [0.25, 0.3) is 0 Å². The van der Waals surface area contributed by atoms with Crippen molar-refractivity contribution in [1.29, 1.82) is 0 Å². The summed E-state index contributed by atoms with van der Waals surface area (Å²) in [7, 11) is -10.4. The molecule has 5 amide bonds. The predicted molar refractivity (Wildman–Crippen MR) is 163 cm³/mol. The average Bonchev–Trinajstić information content (AvgIpc) is 2.97. The Labute approximate surface area is 268 Å². The molecule has 6 N–H and O–H groups in total. The lowest BCUT2D eigenvalue weighted by molar-refractivity contribution is -0.153. The fraction of sp³-hybridized carbons (Fsp3) is 0.346. The summed E-state index contributed by atoms with van der Waals surface area (Å²) in [5.41, 5.74) is -0.645. The highest BCUT2D eigenvalue weighted by Gasteiger charge is 2.41. The van der Waals surface area contributed by atoms with E-state index in [9.17, 15) is 56.0 Å². The lowest BCUT2D eigenvalue weighted by atomic mass is 9.72. The molecule has 252 valence electrons. The number of phenolic OH excluding ortho intramolecular Hbond substituents is 1. The fourth-order valence-corrected chi connectivity index (χ4v) is 7.94. The number of para-hydroxylation sites is 1. The molecule has 0 bridgehead atoms. The quantitative estimate of drug-likeness (QED) is 0.0932. The summed E-state index contributed by atoms with van der Waals surface area (Å²) in [6.45, 7) is 1.64. The van der Waals surface area contributed by atoms with Crippen LogP contribution >= 0.6 is 0 Å². The van der Waals surface area contributed by atoms with Gasteiger partial charge in [-0.05, 0) is 42.7 Å². The van der Waals surface area contributed by atoms with Gasteiger partial charge in [-0.25, -0.2) is 26.4 Å². The van der Waals surface area contributed by atoms with Crippen LogP contribution in [0.2, 0.25) is 0 Å². The number of sulfonamides is 1. The van der Waals surface area contributed by atoms with Crippen molar-refractivity contribution in [2.45, 2.75) is 25.3 Å². The molecule has 1 fully saturated rings. The van der Waals surface area contributed by atoms with Gasteiger partial charge in [-0.1, -0.05) is 18.2 Å². The number of hydrogen-bond donors (Lipinski definition) is 6. The molecule has 2 aliphatic heterocycles. The molecule has 1 unspecified atom stereocenters. The number of benzene rings is 2. The summed E-state index contributed by atoms with van der Waals surface area (Å²) in [4.78, 5) is 65.5. The third kappa shape index (κ3) is 8.10. The third-order valence-electron chi connectivity index (χ3n) is 7.13. The lowest BCUT2D eigenvalue weighted by Gasteiger charge is -2.33. The van der Waals surface area contributed by atoms with Crippen molar-refractivity contribution >= 4 is 62.4 Å². The van der Waals surface area contributed by atoms with Crippen LogP contribution in [-0.2, 0) is 40.7 Å². The number of imide groups is 1. The number of nitrogens with zero attached hydrogens (tertiary/aromatic N) is 2. The third-order valence-corrected chi connectivity index (χ3v) is 10.6. The minimum atomic E-state index is -4.58. The van der Waals surface area contributed by atoms with Crippen molar-refractivity contribution in [2.75, 3.05) is 35.7 Å². The van der Waals surface area contributed by atoms with Crippen molar-refractivity contribution in [2.24, 2.45) is 0 Å². The number of anilines is 1. The molecule has 1 saturated heterocycles. The Hall–Kier alpha value is -4.89. The van der Waals surface area contributed by atoms with Crippen LogP contribution in [0.3, 0.4) is 0 Å². The molecular weight excluding hydrogens is 665 g/mol. The van der Waals surface area contributed by atoms with E-state index in [1.807, 2.05) is 4.72 Å². The molecule has 2 atom stereocenters. The Bertz CT molecular complexity index is 1850. The van der Waals surface area contributed by atoms with Gasteiger partial charge < -0.3 is 35.4 Å². The van der Waals surface area contributed by atoms with Gasteiger partial charge in [0, 0.05) is 25.9 Å². The van der Waals surface area contributed by atoms with E-state index >= 15 is 0 Å². The number of sulfone groups is 1. The van der Waals surface area contributed by atoms with E-state index in [1.54, 1.807) is 6.92 Å². The average molecular weight is 695 g/mol. The van der Waals surface area contributed by atoms with Gasteiger partial charge in [0.15, 0.2) is 14.9 Å². The van der Waals surface area contributed by atoms with Crippen molar-refractivity contribution in [1.82, 2.24) is 20.4 Å². The number of carbonyl (C=O) groups excluding carboxylic acids is 4. The number of amides is 5. The molecule has 0 spiro atoms. The highest BCUT2D eigenvalue weighted by Crippen LogP contribution is 2.32. The van der Waals surface area contributed by atoms with Crippen molar-refractivity contribution in [3.05, 3.63) is 53.1 Å². The molecule has 0 aromatic heterocycles. The number of carboxylic acid groups (broad SMARTS) is 1. The number of aromatic hydroxyl groups is 1. The van der Waals surface area contributed by atoms with Crippen LogP contribution < -0.4 is 20.0 Å². The smallest absolute Gasteiger partial charge is 0.534 e. The van der Waals surface area contributed by atoms with Crippen LogP contribution in [0, 0.1) is 0 Å². The van der Waals surface area contributed by atoms with Crippen LogP contribution in [0.1, 0.15) is 34.5 Å². The van der Waals surface area contributed by atoms with Gasteiger partial charge in [-0.3, -0.25) is 24.0 Å². The summed E-state index contributed by atoms with van der Waals surface area (Å²) in [6, 6.07) is 4.27. The van der Waals surface area contributed by atoms with E-state index in [0.29, 0.717) is 16.7 Å². The maximum absolute atomic E-state index is 13.7. The Kier molecular flexibility index (Phi) is 10.0. The zero-order chi connectivity index (χ0) is 34.8. The molecule has 18 nitrogen and oxygen atoms in total. The largest absolute Gasteiger partial charge is 0.547 e. The summed E-state index contributed by atoms with van der Waals surface area (Å²) in [5, 5.41) is 33.9. The van der Waals surface area contributed by atoms with Gasteiger partial charge in [0.2, 0.25) is 15.9 Å². The first kappa shape index (κ1) is 35.0. The summed E-state index contributed by atoms with van der Waals surface area (Å²) >= 11 is 0. The Balaban J connectivity index is 1.66. The number of rotatable bonds is 10. The topological polar surface area (TPSA) is 266 Å². The molecule has 2 aliphatic rings. The predicted octanol–water partition coefficient (Wildman–Crippen LogP) is -1.58. The minimum absolute atomic E-state index is 0.0141. The van der Waals surface area contributed by atoms with Crippen molar-refractivity contribution < 1.29 is 60.7 Å². The summed E-state index contributed by atoms with van der Waals surface area (Å²) in [6.07, 6.45) is 0.553. The first-order valence-electron chi connectivity index (χ1n) is 13.8. The van der Waals surface area contributed by atoms with E-state index in [-0.39, 0.29) is 42.9 Å². The summed E-state index contributed by atoms with van der Waals surface area (Å²) < 4.78 is 55.4. The van der Waals surface area contributed by atoms with Crippen molar-refractivity contribution in [3.63, 3.8) is 0 Å². The van der Waals surface area contributed by atoms with Gasteiger partial charge in [-0.2, -0.15) is 0 Å². The fourth-order valence-electron chi connectivity index (χ4n) is 4.95. The first-order chi connectivity index (χ1) is 21.9. The number of urea groups is 1. The van der Waals surface area contributed by atoms with E-state index in [1.165, 1.54) is 23.1 Å². The maximum Gasteiger partial charge on any atom is 0.547 e. The van der Waals surface area contributed by atoms with E-state index in [0.717, 1.165) is 18.2 Å². The Morgan fingerprint density at radius 3 is 2.43 bits per heavy atom. The van der Waals surface area contributed by atoms with Crippen LogP contribution in [-0.4, -0.2) is 116 Å². The molecule has 0 radical (unpaired) electrons. The van der Waals surface area contributed by atoms with E-state index in [2.05, 4.69) is 10.6 Å². The number of carbonyl (C=O) groups is 5. The molecule has 2 aromatic rings. The standard InChI is InChI=1S/C26H30BN5O13S2/c1-3-31-9-10-32(24(36)23(31)35)26(39)29-20(14-7-8-18(33)17(11-14)30-47(43,44)13-46(2,41)42)22(34)28-19-12-15-5-4-6-16(25(37)38)21(15)45-27(19)40/h4-8,11,19-20,30,33,40H,3,9-10,12-13H2,1-2H3,(H,28,34)(H,29,39)(H,37,38)/t19-,20?/m0/s1. The van der Waals surface area contributed by atoms with Gasteiger partial charge in [0.1, 0.15) is 17.5 Å². The summed E-state index contributed by atoms with van der Waals surface area (Å²) in [5.74, 6) is -6.47. The highest BCUT2D eigenvalue weighted by molar-refractivity contribution is 8.08. The number of fused-ring (bicyclic) bond motifs is 1. The monoisotopic (exact) mass is 695 g/mol. The first-order valence-corrected chi connectivity index (χ1v) is 17.5. The van der Waals surface area contributed by atoms with Gasteiger partial charge in [-0.15, -0.1) is 0 Å². The molecule has 4 rings (SSSR count). The minimum Gasteiger partial charge on any atom is -0.534 e. The molecule has 0 saturated carbocycles. The molecule has 0 aliphatic carbocycles. The SMILES string of the molecule is CCN1CCN(C(=O)NC(C(=O)N[C@H]2Cc3cccc(C(=O)O)c3OB2O)c2ccc(O)c(NS(=O)(=O)CS(C)(=O)=O)c2)C(=O)C1=O. The zero-order valence-corrected chi connectivity index (χ0v) is 26.5. The molecule has 21 heteroatoms. The lowest BCUT2D eigenvalue weighted by Crippen LogP contribution is -2.60. The number of likely N-dealkylation sites (N-methyl/N-ethyl adjacent to an activating group) is 1. The molecule has 2 heterocycles. The second kappa shape index (κ2) is 13.5. The van der Waals surface area contributed by atoms with Crippen LogP contribution in [0.25, 0.3) is 0 Å².